The van der Waals surface area contributed by atoms with E-state index in [-0.39, 0.29) is 6.04 Å². The van der Waals surface area contributed by atoms with E-state index in [1.165, 1.54) is 0 Å². The molecule has 0 aliphatic carbocycles. The standard InChI is InChI=1S/C12H27N5O/c1-5-16-6-7-17(8-11(16)3)12(15-13)14-10(2)9-18-4/h10-11H,5-9,13H2,1-4H3,(H,14,15). The van der Waals surface area contributed by atoms with Crippen LogP contribution in [0.4, 0.5) is 0 Å². The molecule has 2 unspecified atom stereocenters. The normalized spacial score (nSPS) is 24.2. The third kappa shape index (κ3) is 4.12. The zero-order valence-corrected chi connectivity index (χ0v) is 12.0. The van der Waals surface area contributed by atoms with E-state index >= 15 is 0 Å². The van der Waals surface area contributed by atoms with Crippen molar-refractivity contribution in [3.63, 3.8) is 0 Å². The Morgan fingerprint density at radius 3 is 2.78 bits per heavy atom. The molecular formula is C12H27N5O. The van der Waals surface area contributed by atoms with Crippen LogP contribution in [0.3, 0.4) is 0 Å². The summed E-state index contributed by atoms with van der Waals surface area (Å²) in [6.07, 6.45) is 0. The molecule has 0 aromatic carbocycles. The van der Waals surface area contributed by atoms with Crippen LogP contribution in [0.15, 0.2) is 4.99 Å². The van der Waals surface area contributed by atoms with E-state index in [0.717, 1.165) is 32.1 Å². The average Bonchev–Trinajstić information content (AvgIpc) is 2.36. The molecule has 1 rings (SSSR count). The molecule has 0 spiro atoms. The summed E-state index contributed by atoms with van der Waals surface area (Å²) < 4.78 is 5.09. The van der Waals surface area contributed by atoms with Gasteiger partial charge in [0, 0.05) is 32.8 Å². The van der Waals surface area contributed by atoms with Crippen molar-refractivity contribution in [2.24, 2.45) is 10.8 Å². The van der Waals surface area contributed by atoms with Crippen molar-refractivity contribution in [2.45, 2.75) is 32.9 Å². The lowest BCUT2D eigenvalue weighted by Crippen LogP contribution is -2.57. The number of nitrogens with one attached hydrogen (secondary N) is 1. The molecule has 106 valence electrons. The van der Waals surface area contributed by atoms with Crippen LogP contribution in [0.1, 0.15) is 20.8 Å². The predicted molar refractivity (Wildman–Crippen MR) is 74.4 cm³/mol. The van der Waals surface area contributed by atoms with Crippen LogP contribution in [-0.2, 0) is 4.74 Å². The molecule has 0 radical (unpaired) electrons. The molecule has 0 aromatic rings. The summed E-state index contributed by atoms with van der Waals surface area (Å²) >= 11 is 0. The number of ether oxygens (including phenoxy) is 1. The SMILES string of the molecule is CCN1CCN(C(=NC(C)COC)NN)CC1C. The maximum absolute atomic E-state index is 5.58. The number of nitrogens with two attached hydrogens (primary N) is 1. The summed E-state index contributed by atoms with van der Waals surface area (Å²) in [4.78, 5) is 9.23. The van der Waals surface area contributed by atoms with Crippen molar-refractivity contribution in [3.05, 3.63) is 0 Å². The number of hydrazine groups is 1. The van der Waals surface area contributed by atoms with Crippen molar-refractivity contribution in [1.29, 1.82) is 0 Å². The highest BCUT2D eigenvalue weighted by molar-refractivity contribution is 5.79. The van der Waals surface area contributed by atoms with Crippen molar-refractivity contribution in [3.8, 4) is 0 Å². The summed E-state index contributed by atoms with van der Waals surface area (Å²) in [6.45, 7) is 11.1. The van der Waals surface area contributed by atoms with Gasteiger partial charge in [-0.25, -0.2) is 10.8 Å². The van der Waals surface area contributed by atoms with Gasteiger partial charge in [0.2, 0.25) is 5.96 Å². The molecular weight excluding hydrogens is 230 g/mol. The number of likely N-dealkylation sites (N-methyl/N-ethyl adjacent to an activating group) is 1. The van der Waals surface area contributed by atoms with E-state index in [1.54, 1.807) is 7.11 Å². The number of rotatable bonds is 4. The lowest BCUT2D eigenvalue weighted by molar-refractivity contribution is 0.126. The molecule has 1 heterocycles. The van der Waals surface area contributed by atoms with Crippen molar-refractivity contribution >= 4 is 5.96 Å². The average molecular weight is 257 g/mol. The quantitative estimate of drug-likeness (QED) is 0.318. The molecule has 3 N–H and O–H groups in total. The van der Waals surface area contributed by atoms with Crippen LogP contribution in [0.5, 0.6) is 0 Å². The fourth-order valence-corrected chi connectivity index (χ4v) is 2.35. The monoisotopic (exact) mass is 257 g/mol. The van der Waals surface area contributed by atoms with Crippen LogP contribution in [0, 0.1) is 0 Å². The zero-order valence-electron chi connectivity index (χ0n) is 12.0. The van der Waals surface area contributed by atoms with Crippen LogP contribution in [-0.4, -0.2) is 67.7 Å². The van der Waals surface area contributed by atoms with Gasteiger partial charge in [-0.1, -0.05) is 6.92 Å². The van der Waals surface area contributed by atoms with Gasteiger partial charge in [0.1, 0.15) is 0 Å². The molecule has 1 saturated heterocycles. The Morgan fingerprint density at radius 2 is 2.28 bits per heavy atom. The first-order chi connectivity index (χ1) is 8.62. The first kappa shape index (κ1) is 15.2. The summed E-state index contributed by atoms with van der Waals surface area (Å²) in [7, 11) is 1.68. The van der Waals surface area contributed by atoms with Crippen molar-refractivity contribution in [1.82, 2.24) is 15.2 Å². The number of guanidine groups is 1. The Balaban J connectivity index is 2.61. The molecule has 0 amide bonds. The number of hydrogen-bond acceptors (Lipinski definition) is 4. The maximum Gasteiger partial charge on any atom is 0.208 e. The first-order valence-electron chi connectivity index (χ1n) is 6.64. The van der Waals surface area contributed by atoms with Gasteiger partial charge in [0.15, 0.2) is 0 Å². The van der Waals surface area contributed by atoms with Crippen LogP contribution < -0.4 is 11.3 Å². The van der Waals surface area contributed by atoms with Gasteiger partial charge in [-0.15, -0.1) is 0 Å². The van der Waals surface area contributed by atoms with E-state index in [2.05, 4.69) is 34.1 Å². The highest BCUT2D eigenvalue weighted by Gasteiger charge is 2.24. The Bertz CT molecular complexity index is 271. The fourth-order valence-electron chi connectivity index (χ4n) is 2.35. The minimum atomic E-state index is 0.112. The summed E-state index contributed by atoms with van der Waals surface area (Å²) in [5.74, 6) is 6.35. The predicted octanol–water partition coefficient (Wildman–Crippen LogP) is -0.133. The summed E-state index contributed by atoms with van der Waals surface area (Å²) in [5, 5.41) is 0. The highest BCUT2D eigenvalue weighted by Crippen LogP contribution is 2.09. The van der Waals surface area contributed by atoms with E-state index in [1.807, 2.05) is 6.92 Å². The van der Waals surface area contributed by atoms with E-state index < -0.39 is 0 Å². The maximum atomic E-state index is 5.58. The minimum Gasteiger partial charge on any atom is -0.382 e. The molecule has 1 aliphatic heterocycles. The molecule has 6 heteroatoms. The number of aliphatic imine (C=N–C) groups is 1. The van der Waals surface area contributed by atoms with E-state index in [9.17, 15) is 0 Å². The smallest absolute Gasteiger partial charge is 0.208 e. The second kappa shape index (κ2) is 7.56. The molecule has 2 atom stereocenters. The lowest BCUT2D eigenvalue weighted by Gasteiger charge is -2.40. The third-order valence-electron chi connectivity index (χ3n) is 3.35. The lowest BCUT2D eigenvalue weighted by atomic mass is 10.2. The third-order valence-corrected chi connectivity index (χ3v) is 3.35. The molecule has 0 aromatic heterocycles. The summed E-state index contributed by atoms with van der Waals surface area (Å²) in [6, 6.07) is 0.639. The van der Waals surface area contributed by atoms with E-state index in [0.29, 0.717) is 12.6 Å². The van der Waals surface area contributed by atoms with Crippen molar-refractivity contribution < 1.29 is 4.74 Å². The van der Waals surface area contributed by atoms with Crippen LogP contribution in [0.2, 0.25) is 0 Å². The number of nitrogens with zero attached hydrogens (tertiary/aromatic N) is 3. The van der Waals surface area contributed by atoms with Gasteiger partial charge in [-0.2, -0.15) is 0 Å². The van der Waals surface area contributed by atoms with E-state index in [4.69, 9.17) is 10.6 Å². The van der Waals surface area contributed by atoms with Gasteiger partial charge in [0.25, 0.3) is 0 Å². The Labute approximate surface area is 110 Å². The molecule has 0 bridgehead atoms. The van der Waals surface area contributed by atoms with Gasteiger partial charge < -0.3 is 9.64 Å². The molecule has 1 fully saturated rings. The number of piperazine rings is 1. The minimum absolute atomic E-state index is 0.112. The largest absolute Gasteiger partial charge is 0.382 e. The fraction of sp³-hybridized carbons (Fsp3) is 0.917. The Morgan fingerprint density at radius 1 is 1.56 bits per heavy atom. The van der Waals surface area contributed by atoms with Crippen LogP contribution in [0.25, 0.3) is 0 Å². The number of hydrogen-bond donors (Lipinski definition) is 2. The highest BCUT2D eigenvalue weighted by atomic mass is 16.5. The van der Waals surface area contributed by atoms with Gasteiger partial charge in [-0.05, 0) is 20.4 Å². The molecule has 0 saturated carbocycles. The molecule has 6 nitrogen and oxygen atoms in total. The Kier molecular flexibility index (Phi) is 6.38. The topological polar surface area (TPSA) is 66.1 Å². The summed E-state index contributed by atoms with van der Waals surface area (Å²) in [5.41, 5.74) is 2.72. The second-order valence-electron chi connectivity index (χ2n) is 4.83. The van der Waals surface area contributed by atoms with Gasteiger partial charge >= 0.3 is 0 Å². The first-order valence-corrected chi connectivity index (χ1v) is 6.64. The van der Waals surface area contributed by atoms with Crippen LogP contribution >= 0.6 is 0 Å². The zero-order chi connectivity index (χ0) is 13.5. The van der Waals surface area contributed by atoms with Crippen molar-refractivity contribution in [2.75, 3.05) is 39.9 Å². The molecule has 1 aliphatic rings. The van der Waals surface area contributed by atoms with Gasteiger partial charge in [-0.3, -0.25) is 10.3 Å². The Hall–Kier alpha value is -0.850. The molecule has 18 heavy (non-hydrogen) atoms. The second-order valence-corrected chi connectivity index (χ2v) is 4.83. The number of methoxy groups -OCH3 is 1. The van der Waals surface area contributed by atoms with Gasteiger partial charge in [0.05, 0.1) is 12.6 Å².